The van der Waals surface area contributed by atoms with Gasteiger partial charge in [-0.15, -0.1) is 0 Å². The highest BCUT2D eigenvalue weighted by molar-refractivity contribution is 6.30. The molecule has 0 atom stereocenters. The van der Waals surface area contributed by atoms with Crippen LogP contribution in [0.3, 0.4) is 0 Å². The number of nitrogens with one attached hydrogen (secondary N) is 1. The lowest BCUT2D eigenvalue weighted by Crippen LogP contribution is -2.30. The van der Waals surface area contributed by atoms with E-state index in [-0.39, 0.29) is 30.1 Å². The van der Waals surface area contributed by atoms with Gasteiger partial charge in [-0.2, -0.15) is 0 Å². The summed E-state index contributed by atoms with van der Waals surface area (Å²) in [6.07, 6.45) is 2.34. The van der Waals surface area contributed by atoms with E-state index in [0.29, 0.717) is 25.3 Å². The first-order chi connectivity index (χ1) is 9.63. The molecule has 0 saturated heterocycles. The van der Waals surface area contributed by atoms with E-state index in [1.165, 1.54) is 6.20 Å². The number of nitrogens with zero attached hydrogens (tertiary/aromatic N) is 1. The van der Waals surface area contributed by atoms with Crippen molar-refractivity contribution in [2.75, 3.05) is 19.8 Å². The van der Waals surface area contributed by atoms with Crippen LogP contribution in [0.2, 0.25) is 5.15 Å². The van der Waals surface area contributed by atoms with Crippen LogP contribution in [0.1, 0.15) is 19.8 Å². The molecule has 0 aromatic carbocycles. The van der Waals surface area contributed by atoms with Gasteiger partial charge in [-0.05, 0) is 25.5 Å². The summed E-state index contributed by atoms with van der Waals surface area (Å²) in [5, 5.41) is 2.85. The van der Waals surface area contributed by atoms with Crippen LogP contribution < -0.4 is 10.1 Å². The number of rotatable bonds is 8. The minimum atomic E-state index is -0.284. The van der Waals surface area contributed by atoms with Crippen LogP contribution in [-0.4, -0.2) is 36.6 Å². The molecule has 1 amide bonds. The number of hydrogen-bond donors (Lipinski definition) is 1. The molecule has 1 aromatic heterocycles. The van der Waals surface area contributed by atoms with Crippen molar-refractivity contribution in [1.82, 2.24) is 10.3 Å². The Kier molecular flexibility index (Phi) is 7.42. The molecule has 20 heavy (non-hydrogen) atoms. The lowest BCUT2D eigenvalue weighted by molar-refractivity contribution is -0.143. The molecule has 1 rings (SSSR count). The maximum atomic E-state index is 11.5. The minimum Gasteiger partial charge on any atom is -0.481 e. The molecule has 0 fully saturated rings. The number of aromatic nitrogens is 1. The molecular weight excluding hydrogens is 284 g/mol. The molecule has 0 saturated carbocycles. The molecule has 1 aromatic rings. The van der Waals surface area contributed by atoms with Crippen molar-refractivity contribution in [3.8, 4) is 5.75 Å². The Morgan fingerprint density at radius 2 is 2.25 bits per heavy atom. The molecule has 0 aliphatic carbocycles. The highest BCUT2D eigenvalue weighted by Gasteiger charge is 2.06. The summed E-state index contributed by atoms with van der Waals surface area (Å²) in [5.41, 5.74) is 0. The lowest BCUT2D eigenvalue weighted by atomic mass is 10.3. The summed E-state index contributed by atoms with van der Waals surface area (Å²) in [4.78, 5) is 26.4. The Labute approximate surface area is 122 Å². The zero-order valence-corrected chi connectivity index (χ0v) is 12.0. The molecule has 1 N–H and O–H groups in total. The molecule has 0 unspecified atom stereocenters. The van der Waals surface area contributed by atoms with Crippen LogP contribution in [0.25, 0.3) is 0 Å². The lowest BCUT2D eigenvalue weighted by Gasteiger charge is -2.08. The molecular formula is C13H17ClN2O4. The predicted octanol–water partition coefficient (Wildman–Crippen LogP) is 1.57. The fourth-order valence-electron chi connectivity index (χ4n) is 1.37. The third kappa shape index (κ3) is 6.38. The van der Waals surface area contributed by atoms with Gasteiger partial charge in [0.1, 0.15) is 0 Å². The van der Waals surface area contributed by atoms with Crippen molar-refractivity contribution >= 4 is 23.5 Å². The Morgan fingerprint density at radius 3 is 2.95 bits per heavy atom. The quantitative estimate of drug-likeness (QED) is 0.448. The molecule has 0 spiro atoms. The maximum Gasteiger partial charge on any atom is 0.305 e. The molecule has 0 aliphatic heterocycles. The average molecular weight is 301 g/mol. The molecule has 6 nitrogen and oxygen atoms in total. The molecule has 1 heterocycles. The van der Waals surface area contributed by atoms with E-state index in [0.717, 1.165) is 0 Å². The van der Waals surface area contributed by atoms with Crippen molar-refractivity contribution in [2.24, 2.45) is 0 Å². The van der Waals surface area contributed by atoms with Gasteiger partial charge in [-0.3, -0.25) is 9.59 Å². The van der Waals surface area contributed by atoms with Crippen LogP contribution in [0.5, 0.6) is 5.75 Å². The third-order valence-electron chi connectivity index (χ3n) is 2.27. The fraction of sp³-hybridized carbons (Fsp3) is 0.462. The van der Waals surface area contributed by atoms with Gasteiger partial charge >= 0.3 is 5.97 Å². The average Bonchev–Trinajstić information content (AvgIpc) is 2.43. The first-order valence-corrected chi connectivity index (χ1v) is 6.67. The number of hydrogen-bond acceptors (Lipinski definition) is 5. The van der Waals surface area contributed by atoms with Gasteiger partial charge in [0.25, 0.3) is 5.91 Å². The van der Waals surface area contributed by atoms with Crippen molar-refractivity contribution < 1.29 is 19.1 Å². The Balaban J connectivity index is 2.15. The van der Waals surface area contributed by atoms with E-state index < -0.39 is 0 Å². The van der Waals surface area contributed by atoms with Gasteiger partial charge in [0.15, 0.2) is 17.5 Å². The second-order valence-corrected chi connectivity index (χ2v) is 4.20. The summed E-state index contributed by atoms with van der Waals surface area (Å²) in [5.74, 6) is -0.190. The van der Waals surface area contributed by atoms with Crippen molar-refractivity contribution in [1.29, 1.82) is 0 Å². The summed E-state index contributed by atoms with van der Waals surface area (Å²) in [6.45, 7) is 2.36. The Bertz CT molecular complexity index is 454. The zero-order valence-electron chi connectivity index (χ0n) is 11.2. The normalized spacial score (nSPS) is 9.90. The SMILES string of the molecule is CCOC(=O)CCCNC(=O)COc1cccnc1Cl. The van der Waals surface area contributed by atoms with E-state index in [1.54, 1.807) is 19.1 Å². The van der Waals surface area contributed by atoms with E-state index in [2.05, 4.69) is 10.3 Å². The number of ether oxygens (including phenoxy) is 2. The van der Waals surface area contributed by atoms with Gasteiger partial charge in [-0.1, -0.05) is 11.6 Å². The van der Waals surface area contributed by atoms with Gasteiger partial charge in [-0.25, -0.2) is 4.98 Å². The predicted molar refractivity (Wildman–Crippen MR) is 73.6 cm³/mol. The summed E-state index contributed by atoms with van der Waals surface area (Å²) in [6, 6.07) is 3.29. The fourth-order valence-corrected chi connectivity index (χ4v) is 1.54. The number of halogens is 1. The van der Waals surface area contributed by atoms with E-state index in [9.17, 15) is 9.59 Å². The van der Waals surface area contributed by atoms with Gasteiger partial charge in [0, 0.05) is 19.2 Å². The van der Waals surface area contributed by atoms with Crippen molar-refractivity contribution in [2.45, 2.75) is 19.8 Å². The van der Waals surface area contributed by atoms with Crippen molar-refractivity contribution in [3.05, 3.63) is 23.5 Å². The highest BCUT2D eigenvalue weighted by Crippen LogP contribution is 2.19. The Morgan fingerprint density at radius 1 is 1.45 bits per heavy atom. The van der Waals surface area contributed by atoms with E-state index >= 15 is 0 Å². The first kappa shape index (κ1) is 16.2. The number of esters is 1. The second kappa shape index (κ2) is 9.14. The van der Waals surface area contributed by atoms with E-state index in [4.69, 9.17) is 21.1 Å². The highest BCUT2D eigenvalue weighted by atomic mass is 35.5. The molecule has 110 valence electrons. The molecule has 7 heteroatoms. The number of amides is 1. The van der Waals surface area contributed by atoms with Crippen LogP contribution in [0.4, 0.5) is 0 Å². The number of carbonyl (C=O) groups is 2. The minimum absolute atomic E-state index is 0.148. The first-order valence-electron chi connectivity index (χ1n) is 6.29. The second-order valence-electron chi connectivity index (χ2n) is 3.84. The maximum absolute atomic E-state index is 11.5. The molecule has 0 bridgehead atoms. The van der Waals surface area contributed by atoms with Crippen LogP contribution >= 0.6 is 11.6 Å². The third-order valence-corrected chi connectivity index (χ3v) is 2.55. The van der Waals surface area contributed by atoms with Crippen LogP contribution in [0, 0.1) is 0 Å². The number of carbonyl (C=O) groups excluding carboxylic acids is 2. The topological polar surface area (TPSA) is 77.5 Å². The number of pyridine rings is 1. The molecule has 0 radical (unpaired) electrons. The van der Waals surface area contributed by atoms with Gasteiger partial charge < -0.3 is 14.8 Å². The monoisotopic (exact) mass is 300 g/mol. The van der Waals surface area contributed by atoms with E-state index in [1.807, 2.05) is 0 Å². The molecule has 0 aliphatic rings. The van der Waals surface area contributed by atoms with Gasteiger partial charge in [0.2, 0.25) is 0 Å². The smallest absolute Gasteiger partial charge is 0.305 e. The van der Waals surface area contributed by atoms with Crippen LogP contribution in [0.15, 0.2) is 18.3 Å². The summed E-state index contributed by atoms with van der Waals surface area (Å²) in [7, 11) is 0. The Hall–Kier alpha value is -1.82. The van der Waals surface area contributed by atoms with Crippen molar-refractivity contribution in [3.63, 3.8) is 0 Å². The van der Waals surface area contributed by atoms with Crippen LogP contribution in [-0.2, 0) is 14.3 Å². The largest absolute Gasteiger partial charge is 0.481 e. The summed E-state index contributed by atoms with van der Waals surface area (Å²) < 4.78 is 9.99. The van der Waals surface area contributed by atoms with Gasteiger partial charge in [0.05, 0.1) is 6.61 Å². The standard InChI is InChI=1S/C13H17ClN2O4/c1-2-19-12(18)6-4-7-15-11(17)9-20-10-5-3-8-16-13(10)14/h3,5,8H,2,4,6-7,9H2,1H3,(H,15,17). The zero-order chi connectivity index (χ0) is 14.8. The summed E-state index contributed by atoms with van der Waals surface area (Å²) >= 11 is 5.78.